The van der Waals surface area contributed by atoms with E-state index >= 15 is 0 Å². The van der Waals surface area contributed by atoms with Gasteiger partial charge in [-0.2, -0.15) is 0 Å². The number of anilines is 2. The Morgan fingerprint density at radius 3 is 2.42 bits per heavy atom. The van der Waals surface area contributed by atoms with Crippen LogP contribution >= 0.6 is 11.6 Å². The first-order valence-corrected chi connectivity index (χ1v) is 12.0. The molecule has 0 aliphatic carbocycles. The Kier molecular flexibility index (Phi) is 6.34. The Labute approximate surface area is 187 Å². The molecule has 2 aromatic carbocycles. The third kappa shape index (κ3) is 5.11. The third-order valence-electron chi connectivity index (χ3n) is 5.28. The maximum Gasteiger partial charge on any atom is 0.262 e. The second-order valence-electron chi connectivity index (χ2n) is 7.52. The number of nitrogens with one attached hydrogen (secondary N) is 1. The highest BCUT2D eigenvalue weighted by molar-refractivity contribution is 7.92. The summed E-state index contributed by atoms with van der Waals surface area (Å²) in [4.78, 5) is 6.81. The van der Waals surface area contributed by atoms with E-state index in [1.54, 1.807) is 31.2 Å². The minimum Gasteiger partial charge on any atom is -0.473 e. The minimum atomic E-state index is -3.73. The van der Waals surface area contributed by atoms with Gasteiger partial charge in [-0.25, -0.2) is 13.4 Å². The topological polar surface area (TPSA) is 71.5 Å². The standard InChI is InChI=1S/C23H24ClN3O3S/c1-17-7-5-6-10-22(17)31(28,29)26-18-15-21(24)23(25-16-18)30-20-11-13-27(14-12-20)19-8-3-2-4-9-19/h2-10,15-16,20,26H,11-14H2,1H3. The molecule has 1 saturated heterocycles. The second kappa shape index (κ2) is 9.16. The largest absolute Gasteiger partial charge is 0.473 e. The number of halogens is 1. The van der Waals surface area contributed by atoms with Crippen molar-refractivity contribution in [2.45, 2.75) is 30.8 Å². The van der Waals surface area contributed by atoms with Crippen LogP contribution in [0, 0.1) is 6.92 Å². The van der Waals surface area contributed by atoms with Crippen LogP contribution in [0.4, 0.5) is 11.4 Å². The van der Waals surface area contributed by atoms with Crippen molar-refractivity contribution in [3.05, 3.63) is 77.4 Å². The summed E-state index contributed by atoms with van der Waals surface area (Å²) >= 11 is 6.35. The molecule has 1 N–H and O–H groups in total. The van der Waals surface area contributed by atoms with E-state index in [9.17, 15) is 8.42 Å². The van der Waals surface area contributed by atoms with Crippen molar-refractivity contribution in [2.75, 3.05) is 22.7 Å². The van der Waals surface area contributed by atoms with Crippen molar-refractivity contribution in [1.82, 2.24) is 4.98 Å². The number of rotatable bonds is 6. The Balaban J connectivity index is 1.39. The van der Waals surface area contributed by atoms with Crippen LogP contribution in [0.3, 0.4) is 0 Å². The van der Waals surface area contributed by atoms with E-state index in [2.05, 4.69) is 26.7 Å². The summed E-state index contributed by atoms with van der Waals surface area (Å²) in [6, 6.07) is 18.6. The molecule has 0 bridgehead atoms. The fourth-order valence-corrected chi connectivity index (χ4v) is 5.16. The molecule has 0 saturated carbocycles. The number of aromatic nitrogens is 1. The number of ether oxygens (including phenoxy) is 1. The average Bonchev–Trinajstić information content (AvgIpc) is 2.77. The summed E-state index contributed by atoms with van der Waals surface area (Å²) in [5.41, 5.74) is 2.16. The predicted octanol–water partition coefficient (Wildman–Crippen LogP) is 4.89. The summed E-state index contributed by atoms with van der Waals surface area (Å²) in [5.74, 6) is 0.318. The molecule has 1 aliphatic heterocycles. The predicted molar refractivity (Wildman–Crippen MR) is 124 cm³/mol. The first-order valence-electron chi connectivity index (χ1n) is 10.1. The van der Waals surface area contributed by atoms with Crippen LogP contribution in [-0.4, -0.2) is 32.6 Å². The van der Waals surface area contributed by atoms with Crippen LogP contribution in [0.5, 0.6) is 5.88 Å². The molecule has 4 rings (SSSR count). The van der Waals surface area contributed by atoms with Gasteiger partial charge in [-0.3, -0.25) is 4.72 Å². The third-order valence-corrected chi connectivity index (χ3v) is 7.10. The molecule has 8 heteroatoms. The Morgan fingerprint density at radius 1 is 1.06 bits per heavy atom. The summed E-state index contributed by atoms with van der Waals surface area (Å²) < 4.78 is 33.9. The van der Waals surface area contributed by atoms with Gasteiger partial charge in [0.15, 0.2) is 0 Å². The monoisotopic (exact) mass is 457 g/mol. The molecule has 3 aromatic rings. The van der Waals surface area contributed by atoms with E-state index in [4.69, 9.17) is 16.3 Å². The van der Waals surface area contributed by atoms with E-state index in [1.807, 2.05) is 18.2 Å². The molecule has 0 spiro atoms. The normalized spacial score (nSPS) is 15.0. The van der Waals surface area contributed by atoms with Crippen LogP contribution < -0.4 is 14.4 Å². The van der Waals surface area contributed by atoms with Gasteiger partial charge in [-0.15, -0.1) is 0 Å². The Morgan fingerprint density at radius 2 is 1.74 bits per heavy atom. The van der Waals surface area contributed by atoms with Crippen LogP contribution in [0.25, 0.3) is 0 Å². The van der Waals surface area contributed by atoms with Crippen molar-refractivity contribution >= 4 is 33.0 Å². The molecule has 0 atom stereocenters. The first-order chi connectivity index (χ1) is 14.9. The molecule has 31 heavy (non-hydrogen) atoms. The van der Waals surface area contributed by atoms with E-state index in [1.165, 1.54) is 18.0 Å². The maximum absolute atomic E-state index is 12.7. The lowest BCUT2D eigenvalue weighted by Crippen LogP contribution is -2.38. The molecular formula is C23H24ClN3O3S. The highest BCUT2D eigenvalue weighted by Gasteiger charge is 2.23. The van der Waals surface area contributed by atoms with Crippen LogP contribution in [0.2, 0.25) is 5.02 Å². The van der Waals surface area contributed by atoms with Crippen LogP contribution in [0.1, 0.15) is 18.4 Å². The number of aryl methyl sites for hydroxylation is 1. The van der Waals surface area contributed by atoms with Crippen molar-refractivity contribution < 1.29 is 13.2 Å². The van der Waals surface area contributed by atoms with Crippen molar-refractivity contribution in [1.29, 1.82) is 0 Å². The zero-order valence-corrected chi connectivity index (χ0v) is 18.7. The lowest BCUT2D eigenvalue weighted by atomic mass is 10.1. The van der Waals surface area contributed by atoms with Gasteiger partial charge < -0.3 is 9.64 Å². The smallest absolute Gasteiger partial charge is 0.262 e. The lowest BCUT2D eigenvalue weighted by Gasteiger charge is -2.33. The summed E-state index contributed by atoms with van der Waals surface area (Å²) in [6.07, 6.45) is 3.15. The van der Waals surface area contributed by atoms with Crippen LogP contribution in [0.15, 0.2) is 71.8 Å². The van der Waals surface area contributed by atoms with Gasteiger partial charge in [0.05, 0.1) is 16.8 Å². The molecule has 2 heterocycles. The number of para-hydroxylation sites is 1. The molecule has 0 unspecified atom stereocenters. The first kappa shape index (κ1) is 21.5. The summed E-state index contributed by atoms with van der Waals surface area (Å²) in [7, 11) is -3.73. The fourth-order valence-electron chi connectivity index (χ4n) is 3.66. The molecule has 162 valence electrons. The zero-order valence-electron chi connectivity index (χ0n) is 17.2. The molecular weight excluding hydrogens is 434 g/mol. The second-order valence-corrected chi connectivity index (χ2v) is 9.58. The number of benzene rings is 2. The van der Waals surface area contributed by atoms with Gasteiger partial charge in [-0.1, -0.05) is 48.0 Å². The van der Waals surface area contributed by atoms with Crippen molar-refractivity contribution in [2.24, 2.45) is 0 Å². The lowest BCUT2D eigenvalue weighted by molar-refractivity contribution is 0.164. The summed E-state index contributed by atoms with van der Waals surface area (Å²) in [5, 5.41) is 0.274. The highest BCUT2D eigenvalue weighted by Crippen LogP contribution is 2.29. The number of nitrogens with zero attached hydrogens (tertiary/aromatic N) is 2. The maximum atomic E-state index is 12.7. The molecule has 0 radical (unpaired) electrons. The number of sulfonamides is 1. The SMILES string of the molecule is Cc1ccccc1S(=O)(=O)Nc1cnc(OC2CCN(c3ccccc3)CC2)c(Cl)c1. The van der Waals surface area contributed by atoms with Crippen molar-refractivity contribution in [3.63, 3.8) is 0 Å². The molecule has 1 aliphatic rings. The van der Waals surface area contributed by atoms with Gasteiger partial charge in [-0.05, 0) is 36.8 Å². The van der Waals surface area contributed by atoms with E-state index in [0.717, 1.165) is 25.9 Å². The van der Waals surface area contributed by atoms with Crippen molar-refractivity contribution in [3.8, 4) is 5.88 Å². The summed E-state index contributed by atoms with van der Waals surface area (Å²) in [6.45, 7) is 3.53. The van der Waals surface area contributed by atoms with E-state index in [-0.39, 0.29) is 16.0 Å². The number of hydrogen-bond acceptors (Lipinski definition) is 5. The molecule has 1 fully saturated rings. The van der Waals surface area contributed by atoms with Gasteiger partial charge in [0.25, 0.3) is 10.0 Å². The quantitative estimate of drug-likeness (QED) is 0.570. The van der Waals surface area contributed by atoms with Crippen LogP contribution in [-0.2, 0) is 10.0 Å². The van der Waals surface area contributed by atoms with Gasteiger partial charge in [0.2, 0.25) is 5.88 Å². The number of hydrogen-bond donors (Lipinski definition) is 1. The highest BCUT2D eigenvalue weighted by atomic mass is 35.5. The average molecular weight is 458 g/mol. The van der Waals surface area contributed by atoms with Gasteiger partial charge in [0.1, 0.15) is 11.1 Å². The number of piperidine rings is 1. The Bertz CT molecular complexity index is 1150. The molecule has 6 nitrogen and oxygen atoms in total. The van der Waals surface area contributed by atoms with Gasteiger partial charge in [0, 0.05) is 31.6 Å². The fraction of sp³-hybridized carbons (Fsp3) is 0.261. The zero-order chi connectivity index (χ0) is 21.8. The minimum absolute atomic E-state index is 0.0134. The van der Waals surface area contributed by atoms with E-state index in [0.29, 0.717) is 17.1 Å². The molecule has 0 amide bonds. The number of pyridine rings is 1. The van der Waals surface area contributed by atoms with E-state index < -0.39 is 10.0 Å². The van der Waals surface area contributed by atoms with Gasteiger partial charge >= 0.3 is 0 Å². The Hall–Kier alpha value is -2.77. The molecule has 1 aromatic heterocycles.